The minimum Gasteiger partial charge on any atom is -0.495 e. The first-order valence-electron chi connectivity index (χ1n) is 9.11. The van der Waals surface area contributed by atoms with Gasteiger partial charge < -0.3 is 20.3 Å². The van der Waals surface area contributed by atoms with Gasteiger partial charge in [0.15, 0.2) is 29.2 Å². The quantitative estimate of drug-likeness (QED) is 0.344. The molecule has 29 heavy (non-hydrogen) atoms. The number of benzene rings is 2. The molecule has 0 aliphatic carbocycles. The van der Waals surface area contributed by atoms with E-state index in [1.807, 2.05) is 24.3 Å². The second kappa shape index (κ2) is 9.02. The van der Waals surface area contributed by atoms with Crippen molar-refractivity contribution in [3.63, 3.8) is 0 Å². The number of hydrogen-bond acceptors (Lipinski definition) is 3. The van der Waals surface area contributed by atoms with Crippen LogP contribution < -0.4 is 20.3 Å². The molecule has 5 nitrogen and oxygen atoms in total. The molecule has 0 spiro atoms. The number of aliphatic imine (C=N–C) groups is 1. The Bertz CT molecular complexity index is 880. The highest BCUT2D eigenvalue weighted by atomic mass is 19.2. The molecular weight excluding hydrogens is 388 g/mol. The highest BCUT2D eigenvalue weighted by molar-refractivity contribution is 5.80. The van der Waals surface area contributed by atoms with E-state index in [9.17, 15) is 17.6 Å². The van der Waals surface area contributed by atoms with E-state index in [1.165, 1.54) is 7.05 Å². The lowest BCUT2D eigenvalue weighted by atomic mass is 10.2. The number of nitrogens with zero attached hydrogens (tertiary/aromatic N) is 2. The molecule has 0 aromatic heterocycles. The van der Waals surface area contributed by atoms with Crippen LogP contribution in [0.1, 0.15) is 12.0 Å². The molecule has 2 aromatic carbocycles. The highest BCUT2D eigenvalue weighted by Crippen LogP contribution is 2.30. The molecule has 1 fully saturated rings. The van der Waals surface area contributed by atoms with Gasteiger partial charge in [-0.1, -0.05) is 12.1 Å². The number of nitrogens with one attached hydrogen (secondary N) is 2. The first-order valence-corrected chi connectivity index (χ1v) is 9.11. The van der Waals surface area contributed by atoms with Crippen molar-refractivity contribution in [2.75, 3.05) is 32.1 Å². The lowest BCUT2D eigenvalue weighted by molar-refractivity contribution is 0.415. The van der Waals surface area contributed by atoms with E-state index < -0.39 is 35.4 Å². The molecule has 0 radical (unpaired) electrons. The van der Waals surface area contributed by atoms with Crippen molar-refractivity contribution in [3.8, 4) is 5.75 Å². The molecule has 1 atom stereocenters. The second-order valence-corrected chi connectivity index (χ2v) is 6.62. The van der Waals surface area contributed by atoms with E-state index in [0.29, 0.717) is 6.54 Å². The Labute approximate surface area is 166 Å². The van der Waals surface area contributed by atoms with Crippen molar-refractivity contribution < 1.29 is 22.3 Å². The summed E-state index contributed by atoms with van der Waals surface area (Å²) in [4.78, 5) is 6.18. The monoisotopic (exact) mass is 410 g/mol. The van der Waals surface area contributed by atoms with Crippen molar-refractivity contribution in [2.45, 2.75) is 19.0 Å². The summed E-state index contributed by atoms with van der Waals surface area (Å²) in [6.07, 6.45) is 0.802. The molecule has 1 aliphatic rings. The maximum atomic E-state index is 13.8. The zero-order valence-electron chi connectivity index (χ0n) is 16.1. The minimum absolute atomic E-state index is 0.0186. The summed E-state index contributed by atoms with van der Waals surface area (Å²) in [5, 5.41) is 5.87. The molecule has 2 N–H and O–H groups in total. The van der Waals surface area contributed by atoms with Gasteiger partial charge in [-0.3, -0.25) is 4.99 Å². The maximum absolute atomic E-state index is 13.8. The number of rotatable bonds is 5. The summed E-state index contributed by atoms with van der Waals surface area (Å²) in [6.45, 7) is 1.00. The zero-order valence-corrected chi connectivity index (χ0v) is 16.1. The first-order chi connectivity index (χ1) is 13.9. The van der Waals surface area contributed by atoms with Crippen LogP contribution in [0.15, 0.2) is 35.3 Å². The number of para-hydroxylation sites is 2. The van der Waals surface area contributed by atoms with Gasteiger partial charge in [0.2, 0.25) is 0 Å². The van der Waals surface area contributed by atoms with Crippen molar-refractivity contribution in [1.82, 2.24) is 10.6 Å². The molecule has 1 unspecified atom stereocenters. The number of ether oxygens (including phenoxy) is 1. The van der Waals surface area contributed by atoms with Crippen LogP contribution in [0, 0.1) is 23.3 Å². The SMILES string of the molecule is CN=C(NCc1c(F)c(F)cc(F)c1F)NC1CCN(c2ccccc2OC)C1. The molecular formula is C20H22F4N4O. The normalized spacial score (nSPS) is 16.8. The number of halogens is 4. The fourth-order valence-corrected chi connectivity index (χ4v) is 3.33. The van der Waals surface area contributed by atoms with Gasteiger partial charge in [0.05, 0.1) is 12.8 Å². The Morgan fingerprint density at radius 3 is 2.52 bits per heavy atom. The Morgan fingerprint density at radius 1 is 1.17 bits per heavy atom. The van der Waals surface area contributed by atoms with Crippen LogP contribution in [0.4, 0.5) is 23.2 Å². The summed E-state index contributed by atoms with van der Waals surface area (Å²) in [5.41, 5.74) is 0.258. The van der Waals surface area contributed by atoms with Gasteiger partial charge >= 0.3 is 0 Å². The van der Waals surface area contributed by atoms with Gasteiger partial charge in [0.1, 0.15) is 5.75 Å². The van der Waals surface area contributed by atoms with Crippen molar-refractivity contribution in [1.29, 1.82) is 0 Å². The zero-order chi connectivity index (χ0) is 21.0. The van der Waals surface area contributed by atoms with E-state index >= 15 is 0 Å². The summed E-state index contributed by atoms with van der Waals surface area (Å²) < 4.78 is 59.7. The summed E-state index contributed by atoms with van der Waals surface area (Å²) >= 11 is 0. The molecule has 0 saturated carbocycles. The number of methoxy groups -OCH3 is 1. The van der Waals surface area contributed by atoms with Crippen molar-refractivity contribution in [2.24, 2.45) is 4.99 Å². The topological polar surface area (TPSA) is 48.9 Å². The lowest BCUT2D eigenvalue weighted by Gasteiger charge is -2.22. The average molecular weight is 410 g/mol. The fourth-order valence-electron chi connectivity index (χ4n) is 3.33. The lowest BCUT2D eigenvalue weighted by Crippen LogP contribution is -2.44. The number of anilines is 1. The number of guanidine groups is 1. The third-order valence-corrected chi connectivity index (χ3v) is 4.81. The van der Waals surface area contributed by atoms with Gasteiger partial charge in [0, 0.05) is 44.4 Å². The molecule has 0 amide bonds. The molecule has 3 rings (SSSR count). The Balaban J connectivity index is 1.62. The largest absolute Gasteiger partial charge is 0.495 e. The predicted octanol–water partition coefficient (Wildman–Crippen LogP) is 3.20. The molecule has 2 aromatic rings. The first kappa shape index (κ1) is 20.8. The van der Waals surface area contributed by atoms with Gasteiger partial charge in [-0.05, 0) is 18.6 Å². The van der Waals surface area contributed by atoms with Crippen LogP contribution in [0.2, 0.25) is 0 Å². The van der Waals surface area contributed by atoms with E-state index in [4.69, 9.17) is 4.74 Å². The van der Waals surface area contributed by atoms with Gasteiger partial charge in [-0.2, -0.15) is 0 Å². The van der Waals surface area contributed by atoms with E-state index in [1.54, 1.807) is 7.11 Å². The molecule has 1 heterocycles. The third-order valence-electron chi connectivity index (χ3n) is 4.81. The van der Waals surface area contributed by atoms with E-state index in [-0.39, 0.29) is 18.1 Å². The fraction of sp³-hybridized carbons (Fsp3) is 0.350. The van der Waals surface area contributed by atoms with Crippen molar-refractivity contribution >= 4 is 11.6 Å². The molecule has 9 heteroatoms. The number of hydrogen-bond donors (Lipinski definition) is 2. The van der Waals surface area contributed by atoms with Gasteiger partial charge in [-0.15, -0.1) is 0 Å². The van der Waals surface area contributed by atoms with Crippen molar-refractivity contribution in [3.05, 3.63) is 59.2 Å². The van der Waals surface area contributed by atoms with Crippen LogP contribution in [0.25, 0.3) is 0 Å². The second-order valence-electron chi connectivity index (χ2n) is 6.62. The highest BCUT2D eigenvalue weighted by Gasteiger charge is 2.25. The Morgan fingerprint density at radius 2 is 1.86 bits per heavy atom. The Hall–Kier alpha value is -2.97. The summed E-state index contributed by atoms with van der Waals surface area (Å²) in [6, 6.07) is 7.89. The standard InChI is InChI=1S/C20H22F4N4O/c1-25-20(26-10-13-18(23)14(21)9-15(22)19(13)24)27-12-7-8-28(11-12)16-5-3-4-6-17(16)29-2/h3-6,9,12H,7-8,10-11H2,1-2H3,(H2,25,26,27). The van der Waals surface area contributed by atoms with Crippen LogP contribution in [0.3, 0.4) is 0 Å². The van der Waals surface area contributed by atoms with Gasteiger partial charge in [0.25, 0.3) is 0 Å². The molecule has 1 saturated heterocycles. The van der Waals surface area contributed by atoms with Crippen LogP contribution in [0.5, 0.6) is 5.75 Å². The Kier molecular flexibility index (Phi) is 6.46. The van der Waals surface area contributed by atoms with Crippen LogP contribution in [-0.4, -0.2) is 39.2 Å². The van der Waals surface area contributed by atoms with Crippen LogP contribution >= 0.6 is 0 Å². The van der Waals surface area contributed by atoms with E-state index in [2.05, 4.69) is 20.5 Å². The van der Waals surface area contributed by atoms with Gasteiger partial charge in [-0.25, -0.2) is 17.6 Å². The minimum atomic E-state index is -1.44. The summed E-state index contributed by atoms with van der Waals surface area (Å²) in [7, 11) is 3.12. The predicted molar refractivity (Wildman–Crippen MR) is 103 cm³/mol. The third kappa shape index (κ3) is 4.55. The molecule has 1 aliphatic heterocycles. The molecule has 0 bridgehead atoms. The molecule has 156 valence electrons. The van der Waals surface area contributed by atoms with Crippen LogP contribution in [-0.2, 0) is 6.54 Å². The maximum Gasteiger partial charge on any atom is 0.191 e. The average Bonchev–Trinajstić information content (AvgIpc) is 3.19. The smallest absolute Gasteiger partial charge is 0.191 e. The van der Waals surface area contributed by atoms with E-state index in [0.717, 1.165) is 24.4 Å². The summed E-state index contributed by atoms with van der Waals surface area (Å²) in [5.74, 6) is -4.67.